The Morgan fingerprint density at radius 1 is 0.562 bits per heavy atom. The molecule has 10 aliphatic rings. The second-order valence-electron chi connectivity index (χ2n) is 28.4. The van der Waals surface area contributed by atoms with E-state index in [1.807, 2.05) is 123 Å². The van der Waals surface area contributed by atoms with Crippen molar-refractivity contribution in [1.82, 2.24) is 15.5 Å². The van der Waals surface area contributed by atoms with Gasteiger partial charge in [-0.05, 0) is 107 Å². The van der Waals surface area contributed by atoms with E-state index in [2.05, 4.69) is 68.7 Å². The lowest BCUT2D eigenvalue weighted by Gasteiger charge is -2.48. The molecule has 3 aromatic rings. The van der Waals surface area contributed by atoms with Crippen molar-refractivity contribution >= 4 is 17.7 Å². The van der Waals surface area contributed by atoms with E-state index in [1.54, 1.807) is 0 Å². The van der Waals surface area contributed by atoms with Crippen molar-refractivity contribution < 1.29 is 68.0 Å². The van der Waals surface area contributed by atoms with Crippen LogP contribution in [0.5, 0.6) is 0 Å². The van der Waals surface area contributed by atoms with Crippen molar-refractivity contribution in [2.24, 2.45) is 46.8 Å². The molecule has 19 atom stereocenters. The van der Waals surface area contributed by atoms with E-state index in [0.29, 0.717) is 45.0 Å². The van der Waals surface area contributed by atoms with Crippen molar-refractivity contribution in [3.8, 4) is 0 Å². The van der Waals surface area contributed by atoms with Crippen LogP contribution in [0, 0.1) is 46.8 Å². The smallest absolute Gasteiger partial charge is 0.231 e. The number of fused-ring (bicyclic) bond motifs is 5. The fourth-order valence-electron chi connectivity index (χ4n) is 16.9. The zero-order chi connectivity index (χ0) is 63.0. The van der Waals surface area contributed by atoms with Crippen LogP contribution in [-0.2, 0) is 67.4 Å². The van der Waals surface area contributed by atoms with Gasteiger partial charge in [0.1, 0.15) is 34.1 Å². The van der Waals surface area contributed by atoms with Gasteiger partial charge in [-0.25, -0.2) is 0 Å². The summed E-state index contributed by atoms with van der Waals surface area (Å²) in [4.78, 5) is 41.4. The number of aliphatic hydroxyl groups excluding tert-OH is 4. The molecule has 6 N–H and O–H groups in total. The van der Waals surface area contributed by atoms with Crippen molar-refractivity contribution in [1.29, 1.82) is 0 Å². The van der Waals surface area contributed by atoms with Gasteiger partial charge >= 0.3 is 0 Å². The normalized spacial score (nSPS) is 38.6. The number of hydrogen-bond acceptors (Lipinski definition) is 14. The van der Waals surface area contributed by atoms with E-state index >= 15 is 0 Å². The molecule has 89 heavy (non-hydrogen) atoms. The maximum atomic E-state index is 13.9. The predicted octanol–water partition coefficient (Wildman–Crippen LogP) is 9.11. The fourth-order valence-corrected chi connectivity index (χ4v) is 16.9. The first-order chi connectivity index (χ1) is 42.7. The van der Waals surface area contributed by atoms with Gasteiger partial charge < -0.3 is 69.1 Å². The summed E-state index contributed by atoms with van der Waals surface area (Å²) in [6.07, 6.45) is 19.7. The molecule has 3 unspecified atom stereocenters. The minimum atomic E-state index is -1.24. The number of carbonyl (C=O) groups excluding carboxylic acids is 3. The second kappa shape index (κ2) is 26.5. The van der Waals surface area contributed by atoms with E-state index in [-0.39, 0.29) is 72.5 Å². The third kappa shape index (κ3) is 11.8. The Bertz CT molecular complexity index is 2890. The van der Waals surface area contributed by atoms with Gasteiger partial charge in [-0.3, -0.25) is 14.4 Å². The molecule has 3 aliphatic carbocycles. The zero-order valence-corrected chi connectivity index (χ0v) is 53.2. The molecule has 7 heterocycles. The van der Waals surface area contributed by atoms with E-state index in [1.165, 1.54) is 0 Å². The van der Waals surface area contributed by atoms with Crippen LogP contribution in [0.2, 0.25) is 0 Å². The molecule has 17 heteroatoms. The van der Waals surface area contributed by atoms with Crippen LogP contribution in [0.15, 0.2) is 127 Å². The summed E-state index contributed by atoms with van der Waals surface area (Å²) in [6, 6.07) is 29.7. The van der Waals surface area contributed by atoms with E-state index in [4.69, 9.17) is 33.2 Å². The number of ether oxygens (including phenoxy) is 7. The van der Waals surface area contributed by atoms with Crippen LogP contribution >= 0.6 is 0 Å². The lowest BCUT2D eigenvalue weighted by molar-refractivity contribution is -0.216. The molecule has 3 aromatic carbocycles. The fraction of sp³-hybridized carbons (Fsp3) is 0.625. The van der Waals surface area contributed by atoms with Gasteiger partial charge in [0.05, 0.1) is 75.1 Å². The van der Waals surface area contributed by atoms with Crippen LogP contribution in [0.4, 0.5) is 0 Å². The summed E-state index contributed by atoms with van der Waals surface area (Å²) in [7, 11) is 0. The highest BCUT2D eigenvalue weighted by Gasteiger charge is 2.78. The third-order valence-electron chi connectivity index (χ3n) is 22.2. The Morgan fingerprint density at radius 3 is 1.37 bits per heavy atom. The van der Waals surface area contributed by atoms with Gasteiger partial charge in [-0.15, -0.1) is 0 Å². The first-order valence-corrected chi connectivity index (χ1v) is 32.9. The standard InChI is InChI=1S/C27H37NO5.C23H31NO4.C22H29NO5/c1-25(2,3)24-28-23(30)20-15-21(31-16-18-11-7-5-8-12-18)33-26(20,4)27(28,17-32-24)22(29)19-13-9-6-10-14-19;1-16(18-11-7-4-8-12-18)23(15-25)22(2)19(21(26)24-23)13-20(28-22)27-14-17-9-5-3-6-10-17;1-21-17(12-18(28-21)27-13-15-8-4-2-5-9-15)20(26)23-22(21,14-24)19(25)16-10-6-3-7-11-16/h5,7-9,11-13,19-22,24,29H,6,10,14-17H2,1-4H3;3,5-7,9-11,16,18-20,25H,4,8,12-15H2,1-2H3,(H,24,26);2,4-6,8-10,16-19,24-25H,3,7,11-14H2,1H3,(H,23,26)/t19-,20+,21?,22-,24+,26+,27-;16-,18-,19+,20?,22+,23-;16-,17+,18?,19-,21+,22-/m111/s1. The van der Waals surface area contributed by atoms with Crippen molar-refractivity contribution in [2.75, 3.05) is 19.8 Å². The van der Waals surface area contributed by atoms with Gasteiger partial charge in [0.2, 0.25) is 17.7 Å². The van der Waals surface area contributed by atoms with E-state index in [0.717, 1.165) is 74.5 Å². The highest BCUT2D eigenvalue weighted by Crippen LogP contribution is 2.61. The number of amides is 3. The SMILES string of the molecule is CC(C)(C)[C@@H]1OC[C@]2([C@H](O)[C@@H]3C=CCCC3)N1C(=O)[C@@H]1CC(OCc3ccccc3)O[C@@]12C.C[C@H]([C@@H]1C=CCCC1)[C@@]1(CO)NC(=O)[C@@H]2CC(OCc3ccccc3)O[C@@]21C.C[C@]12OC(OCc3ccccc3)C[C@H]1C(=O)N[C@]2(CO)[C@H](O)[C@@H]1C=CCCC1. The van der Waals surface area contributed by atoms with Crippen molar-refractivity contribution in [2.45, 2.75) is 216 Å². The van der Waals surface area contributed by atoms with Crippen LogP contribution in [0.1, 0.15) is 142 Å². The maximum absolute atomic E-state index is 13.9. The summed E-state index contributed by atoms with van der Waals surface area (Å²) in [5.74, 6) is -1.11. The predicted molar refractivity (Wildman–Crippen MR) is 333 cm³/mol. The lowest BCUT2D eigenvalue weighted by Crippen LogP contribution is -2.68. The summed E-state index contributed by atoms with van der Waals surface area (Å²) in [6.45, 7) is 15.2. The molecular weight excluding hydrogens is 1130 g/mol. The van der Waals surface area contributed by atoms with Crippen LogP contribution in [0.3, 0.4) is 0 Å². The minimum absolute atomic E-state index is 0.0135. The highest BCUT2D eigenvalue weighted by atomic mass is 16.7. The number of allylic oxidation sites excluding steroid dienone is 4. The lowest BCUT2D eigenvalue weighted by atomic mass is 9.65. The minimum Gasteiger partial charge on any atom is -0.394 e. The number of hydrogen-bond donors (Lipinski definition) is 6. The number of aliphatic hydroxyl groups is 4. The molecule has 13 rings (SSSR count). The highest BCUT2D eigenvalue weighted by molar-refractivity contribution is 5.87. The molecule has 7 aliphatic heterocycles. The molecular formula is C72H97N3O14. The average molecular weight is 1230 g/mol. The Balaban J connectivity index is 0.000000138. The van der Waals surface area contributed by atoms with Crippen molar-refractivity contribution in [3.05, 3.63) is 144 Å². The molecule has 484 valence electrons. The first-order valence-electron chi connectivity index (χ1n) is 32.9. The topological polar surface area (TPSA) is 224 Å². The van der Waals surface area contributed by atoms with Crippen LogP contribution in [-0.4, -0.2) is 134 Å². The Labute approximate surface area is 525 Å². The molecule has 0 radical (unpaired) electrons. The first kappa shape index (κ1) is 65.3. The van der Waals surface area contributed by atoms with Gasteiger partial charge in [0, 0.05) is 36.5 Å². The molecule has 0 saturated carbocycles. The molecule has 0 spiro atoms. The monoisotopic (exact) mass is 1230 g/mol. The summed E-state index contributed by atoms with van der Waals surface area (Å²) < 4.78 is 43.6. The molecule has 0 bridgehead atoms. The third-order valence-corrected chi connectivity index (χ3v) is 22.2. The summed E-state index contributed by atoms with van der Waals surface area (Å²) in [5.41, 5.74) is -2.81. The Hall–Kier alpha value is -5.15. The maximum Gasteiger partial charge on any atom is 0.231 e. The summed E-state index contributed by atoms with van der Waals surface area (Å²) >= 11 is 0. The van der Waals surface area contributed by atoms with Crippen LogP contribution in [0.25, 0.3) is 0 Å². The van der Waals surface area contributed by atoms with Crippen molar-refractivity contribution in [3.63, 3.8) is 0 Å². The molecule has 3 amide bonds. The number of rotatable bonds is 17. The van der Waals surface area contributed by atoms with E-state index in [9.17, 15) is 34.8 Å². The number of carbonyl (C=O) groups is 3. The number of benzene rings is 3. The summed E-state index contributed by atoms with van der Waals surface area (Å²) in [5, 5.41) is 49.9. The second-order valence-corrected chi connectivity index (χ2v) is 28.4. The van der Waals surface area contributed by atoms with Gasteiger partial charge in [0.25, 0.3) is 0 Å². The van der Waals surface area contributed by atoms with E-state index < -0.39 is 76.6 Å². The molecule has 17 nitrogen and oxygen atoms in total. The Morgan fingerprint density at radius 2 is 0.955 bits per heavy atom. The Kier molecular flexibility index (Phi) is 19.4. The number of nitrogens with zero attached hydrogens (tertiary/aromatic N) is 1. The largest absolute Gasteiger partial charge is 0.394 e. The average Bonchev–Trinajstić information content (AvgIpc) is 1.52. The van der Waals surface area contributed by atoms with Gasteiger partial charge in [0.15, 0.2) is 18.9 Å². The number of nitrogens with one attached hydrogen (secondary N) is 2. The quantitative estimate of drug-likeness (QED) is 0.0694. The van der Waals surface area contributed by atoms with Gasteiger partial charge in [-0.1, -0.05) is 155 Å². The molecule has 7 fully saturated rings. The zero-order valence-electron chi connectivity index (χ0n) is 53.2. The molecule has 0 aromatic heterocycles. The van der Waals surface area contributed by atoms with Gasteiger partial charge in [-0.2, -0.15) is 0 Å². The van der Waals surface area contributed by atoms with Crippen LogP contribution < -0.4 is 10.6 Å². The molecule has 7 saturated heterocycles.